The second-order valence-corrected chi connectivity index (χ2v) is 5.92. The summed E-state index contributed by atoms with van der Waals surface area (Å²) in [7, 11) is 0. The molecule has 0 unspecified atom stereocenters. The molecule has 0 bridgehead atoms. The molecule has 1 heterocycles. The molecule has 1 aromatic rings. The molecule has 1 fully saturated rings. The SMILES string of the molecule is CC(C)(C)OC(=O)n1cc(Br)c(C2CC2)n1. The van der Waals surface area contributed by atoms with Gasteiger partial charge in [-0.05, 0) is 49.5 Å². The van der Waals surface area contributed by atoms with Crippen LogP contribution in [-0.2, 0) is 4.74 Å². The summed E-state index contributed by atoms with van der Waals surface area (Å²) >= 11 is 3.41. The van der Waals surface area contributed by atoms with Gasteiger partial charge in [-0.25, -0.2) is 4.79 Å². The normalized spacial score (nSPS) is 16.2. The fraction of sp³-hybridized carbons (Fsp3) is 0.636. The number of carbonyl (C=O) groups is 1. The Kier molecular flexibility index (Phi) is 2.82. The van der Waals surface area contributed by atoms with E-state index in [0.717, 1.165) is 23.0 Å². The molecule has 0 N–H and O–H groups in total. The quantitative estimate of drug-likeness (QED) is 0.796. The first-order chi connectivity index (χ1) is 7.37. The van der Waals surface area contributed by atoms with Gasteiger partial charge in [0.15, 0.2) is 0 Å². The highest BCUT2D eigenvalue weighted by molar-refractivity contribution is 9.10. The molecule has 16 heavy (non-hydrogen) atoms. The summed E-state index contributed by atoms with van der Waals surface area (Å²) < 4.78 is 7.39. The molecule has 4 nitrogen and oxygen atoms in total. The van der Waals surface area contributed by atoms with E-state index in [4.69, 9.17) is 4.74 Å². The minimum atomic E-state index is -0.491. The third-order valence-electron chi connectivity index (χ3n) is 2.24. The summed E-state index contributed by atoms with van der Waals surface area (Å²) in [6.07, 6.45) is 3.55. The first-order valence-electron chi connectivity index (χ1n) is 5.35. The lowest BCUT2D eigenvalue weighted by atomic mass is 10.2. The lowest BCUT2D eigenvalue weighted by Crippen LogP contribution is -2.27. The zero-order chi connectivity index (χ0) is 11.9. The smallest absolute Gasteiger partial charge is 0.435 e. The van der Waals surface area contributed by atoms with E-state index < -0.39 is 11.7 Å². The number of hydrogen-bond acceptors (Lipinski definition) is 3. The van der Waals surface area contributed by atoms with Gasteiger partial charge in [0.1, 0.15) is 5.60 Å². The monoisotopic (exact) mass is 286 g/mol. The summed E-state index contributed by atoms with van der Waals surface area (Å²) in [6.45, 7) is 5.52. The van der Waals surface area contributed by atoms with E-state index in [1.165, 1.54) is 4.68 Å². The number of rotatable bonds is 1. The first kappa shape index (κ1) is 11.6. The highest BCUT2D eigenvalue weighted by Gasteiger charge is 2.30. The van der Waals surface area contributed by atoms with Crippen molar-refractivity contribution < 1.29 is 9.53 Å². The van der Waals surface area contributed by atoms with Gasteiger partial charge in [0, 0.05) is 5.92 Å². The van der Waals surface area contributed by atoms with Crippen LogP contribution in [0.3, 0.4) is 0 Å². The zero-order valence-electron chi connectivity index (χ0n) is 9.66. The van der Waals surface area contributed by atoms with E-state index in [1.807, 2.05) is 20.8 Å². The lowest BCUT2D eigenvalue weighted by Gasteiger charge is -2.18. The Hall–Kier alpha value is -0.840. The number of nitrogens with zero attached hydrogens (tertiary/aromatic N) is 2. The molecule has 88 valence electrons. The fourth-order valence-corrected chi connectivity index (χ4v) is 2.00. The van der Waals surface area contributed by atoms with Gasteiger partial charge in [0.2, 0.25) is 0 Å². The molecule has 2 rings (SSSR count). The van der Waals surface area contributed by atoms with E-state index in [1.54, 1.807) is 6.20 Å². The molecule has 5 heteroatoms. The summed E-state index contributed by atoms with van der Waals surface area (Å²) in [5, 5.41) is 4.25. The van der Waals surface area contributed by atoms with Gasteiger partial charge < -0.3 is 4.74 Å². The lowest BCUT2D eigenvalue weighted by molar-refractivity contribution is 0.0514. The van der Waals surface area contributed by atoms with Crippen molar-refractivity contribution in [3.05, 3.63) is 16.4 Å². The van der Waals surface area contributed by atoms with Gasteiger partial charge >= 0.3 is 6.09 Å². The third-order valence-corrected chi connectivity index (χ3v) is 2.85. The average Bonchev–Trinajstić information content (AvgIpc) is 2.87. The summed E-state index contributed by atoms with van der Waals surface area (Å²) in [6, 6.07) is 0. The van der Waals surface area contributed by atoms with Crippen LogP contribution in [0.15, 0.2) is 10.7 Å². The van der Waals surface area contributed by atoms with E-state index >= 15 is 0 Å². The molecule has 1 aliphatic carbocycles. The molecule has 0 aliphatic heterocycles. The molecule has 0 aromatic carbocycles. The van der Waals surface area contributed by atoms with E-state index in [2.05, 4.69) is 21.0 Å². The number of hydrogen-bond donors (Lipinski definition) is 0. The molecular weight excluding hydrogens is 272 g/mol. The van der Waals surface area contributed by atoms with Crippen LogP contribution in [0, 0.1) is 0 Å². The molecule has 0 amide bonds. The van der Waals surface area contributed by atoms with Crippen LogP contribution >= 0.6 is 15.9 Å². The maximum atomic E-state index is 11.7. The van der Waals surface area contributed by atoms with Gasteiger partial charge in [-0.15, -0.1) is 0 Å². The molecule has 0 spiro atoms. The van der Waals surface area contributed by atoms with Gasteiger partial charge in [-0.1, -0.05) is 0 Å². The van der Waals surface area contributed by atoms with E-state index in [9.17, 15) is 4.79 Å². The van der Waals surface area contributed by atoms with Crippen LogP contribution < -0.4 is 0 Å². The molecule has 1 aliphatic rings. The summed E-state index contributed by atoms with van der Waals surface area (Å²) in [4.78, 5) is 11.7. The van der Waals surface area contributed by atoms with Crippen molar-refractivity contribution in [1.29, 1.82) is 0 Å². The van der Waals surface area contributed by atoms with E-state index in [0.29, 0.717) is 5.92 Å². The van der Waals surface area contributed by atoms with Crippen molar-refractivity contribution in [1.82, 2.24) is 9.78 Å². The Bertz CT molecular complexity index is 416. The summed E-state index contributed by atoms with van der Waals surface area (Å²) in [5.74, 6) is 0.512. The van der Waals surface area contributed by atoms with Gasteiger partial charge in [0.25, 0.3) is 0 Å². The average molecular weight is 287 g/mol. The number of ether oxygens (including phenoxy) is 1. The molecule has 0 radical (unpaired) electrons. The second kappa shape index (κ2) is 3.87. The predicted molar refractivity (Wildman–Crippen MR) is 63.5 cm³/mol. The van der Waals surface area contributed by atoms with Crippen molar-refractivity contribution >= 4 is 22.0 Å². The van der Waals surface area contributed by atoms with Crippen molar-refractivity contribution in [2.75, 3.05) is 0 Å². The van der Waals surface area contributed by atoms with Gasteiger partial charge in [0.05, 0.1) is 16.4 Å². The number of carbonyl (C=O) groups excluding carboxylic acids is 1. The maximum absolute atomic E-state index is 11.7. The van der Waals surface area contributed by atoms with Crippen molar-refractivity contribution in [2.45, 2.75) is 45.1 Å². The van der Waals surface area contributed by atoms with E-state index in [-0.39, 0.29) is 0 Å². The largest absolute Gasteiger partial charge is 0.442 e. The van der Waals surface area contributed by atoms with Crippen molar-refractivity contribution in [2.24, 2.45) is 0 Å². The fourth-order valence-electron chi connectivity index (χ4n) is 1.40. The van der Waals surface area contributed by atoms with Crippen LogP contribution in [0.25, 0.3) is 0 Å². The Morgan fingerprint density at radius 3 is 2.69 bits per heavy atom. The Morgan fingerprint density at radius 1 is 1.56 bits per heavy atom. The maximum Gasteiger partial charge on any atom is 0.435 e. The highest BCUT2D eigenvalue weighted by Crippen LogP contribution is 2.42. The minimum absolute atomic E-state index is 0.430. The molecule has 1 saturated carbocycles. The standard InChI is InChI=1S/C11H15BrN2O2/c1-11(2,3)16-10(15)14-6-8(12)9(13-14)7-4-5-7/h6-7H,4-5H2,1-3H3. The molecule has 0 atom stereocenters. The highest BCUT2D eigenvalue weighted by atomic mass is 79.9. The Morgan fingerprint density at radius 2 is 2.19 bits per heavy atom. The van der Waals surface area contributed by atoms with Crippen LogP contribution in [0.1, 0.15) is 45.2 Å². The van der Waals surface area contributed by atoms with Crippen LogP contribution in [0.4, 0.5) is 4.79 Å². The van der Waals surface area contributed by atoms with Gasteiger partial charge in [-0.3, -0.25) is 0 Å². The Balaban J connectivity index is 2.14. The third kappa shape index (κ3) is 2.64. The topological polar surface area (TPSA) is 44.1 Å². The number of halogens is 1. The summed E-state index contributed by atoms with van der Waals surface area (Å²) in [5.41, 5.74) is 0.473. The molecule has 1 aromatic heterocycles. The number of aromatic nitrogens is 2. The van der Waals surface area contributed by atoms with Crippen LogP contribution in [0.5, 0.6) is 0 Å². The van der Waals surface area contributed by atoms with Crippen molar-refractivity contribution in [3.63, 3.8) is 0 Å². The minimum Gasteiger partial charge on any atom is -0.442 e. The predicted octanol–water partition coefficient (Wildman–Crippen LogP) is 3.31. The second-order valence-electron chi connectivity index (χ2n) is 5.06. The van der Waals surface area contributed by atoms with Crippen LogP contribution in [0.2, 0.25) is 0 Å². The molecule has 0 saturated heterocycles. The van der Waals surface area contributed by atoms with Gasteiger partial charge in [-0.2, -0.15) is 9.78 Å². The first-order valence-corrected chi connectivity index (χ1v) is 6.14. The molecular formula is C11H15BrN2O2. The zero-order valence-corrected chi connectivity index (χ0v) is 11.2. The van der Waals surface area contributed by atoms with Crippen molar-refractivity contribution in [3.8, 4) is 0 Å². The van der Waals surface area contributed by atoms with Crippen LogP contribution in [-0.4, -0.2) is 21.5 Å². The Labute approximate surface area is 103 Å².